The highest BCUT2D eigenvalue weighted by molar-refractivity contribution is 7.99. The Hall–Kier alpha value is -2.18. The normalized spacial score (nSPS) is 17.6. The number of benzene rings is 2. The zero-order chi connectivity index (χ0) is 20.1. The molecule has 154 valence electrons. The van der Waals surface area contributed by atoms with E-state index in [1.807, 2.05) is 49.0 Å². The van der Waals surface area contributed by atoms with E-state index >= 15 is 0 Å². The molecule has 0 radical (unpaired) electrons. The number of anilines is 1. The van der Waals surface area contributed by atoms with Crippen molar-refractivity contribution >= 4 is 23.4 Å². The topological polar surface area (TPSA) is 50.8 Å². The van der Waals surface area contributed by atoms with E-state index in [9.17, 15) is 4.79 Å². The quantitative estimate of drug-likeness (QED) is 0.782. The molecule has 1 atom stereocenters. The molecule has 0 aromatic heterocycles. The zero-order valence-electron chi connectivity index (χ0n) is 16.9. The Bertz CT molecular complexity index is 835. The number of hydrogen-bond donors (Lipinski definition) is 1. The van der Waals surface area contributed by atoms with Crippen LogP contribution in [0, 0.1) is 0 Å². The molecule has 1 N–H and O–H groups in total. The van der Waals surface area contributed by atoms with Gasteiger partial charge in [0.2, 0.25) is 5.91 Å². The van der Waals surface area contributed by atoms with E-state index in [1.54, 1.807) is 0 Å². The molecule has 29 heavy (non-hydrogen) atoms. The van der Waals surface area contributed by atoms with Gasteiger partial charge in [-0.15, -0.1) is 0 Å². The van der Waals surface area contributed by atoms with Crippen molar-refractivity contribution in [1.82, 2.24) is 4.90 Å². The van der Waals surface area contributed by atoms with Crippen molar-refractivity contribution in [1.29, 1.82) is 0 Å². The number of fused-ring (bicyclic) bond motifs is 1. The average Bonchev–Trinajstić information content (AvgIpc) is 2.78. The molecular weight excluding hydrogens is 384 g/mol. The first-order valence-electron chi connectivity index (χ1n) is 10.3. The van der Waals surface area contributed by atoms with Crippen LogP contribution < -0.4 is 14.8 Å². The average molecular weight is 413 g/mol. The number of thioether (sulfide) groups is 1. The lowest BCUT2D eigenvalue weighted by Gasteiger charge is -2.26. The molecule has 2 aromatic carbocycles. The number of hydrogen-bond acceptors (Lipinski definition) is 5. The summed E-state index contributed by atoms with van der Waals surface area (Å²) >= 11 is 2.04. The van der Waals surface area contributed by atoms with Crippen molar-refractivity contribution in [3.05, 3.63) is 53.6 Å². The van der Waals surface area contributed by atoms with Gasteiger partial charge in [0.1, 0.15) is 13.2 Å². The third kappa shape index (κ3) is 5.25. The van der Waals surface area contributed by atoms with Gasteiger partial charge in [0.15, 0.2) is 11.5 Å². The molecule has 6 heteroatoms. The highest BCUT2D eigenvalue weighted by Crippen LogP contribution is 2.33. The Morgan fingerprint density at radius 3 is 2.55 bits per heavy atom. The molecule has 2 aliphatic heterocycles. The van der Waals surface area contributed by atoms with Gasteiger partial charge in [0.05, 0.1) is 5.92 Å². The number of nitrogens with one attached hydrogen (secondary N) is 1. The van der Waals surface area contributed by atoms with Gasteiger partial charge in [0.25, 0.3) is 0 Å². The van der Waals surface area contributed by atoms with Gasteiger partial charge < -0.3 is 19.7 Å². The summed E-state index contributed by atoms with van der Waals surface area (Å²) in [4.78, 5) is 15.2. The second kappa shape index (κ2) is 9.55. The van der Waals surface area contributed by atoms with Gasteiger partial charge >= 0.3 is 0 Å². The van der Waals surface area contributed by atoms with Gasteiger partial charge in [-0.25, -0.2) is 0 Å². The Morgan fingerprint density at radius 1 is 1.07 bits per heavy atom. The second-order valence-corrected chi connectivity index (χ2v) is 8.74. The van der Waals surface area contributed by atoms with E-state index in [-0.39, 0.29) is 11.8 Å². The lowest BCUT2D eigenvalue weighted by molar-refractivity contribution is -0.117. The first-order chi connectivity index (χ1) is 14.2. The van der Waals surface area contributed by atoms with Crippen molar-refractivity contribution in [3.63, 3.8) is 0 Å². The molecule has 2 heterocycles. The summed E-state index contributed by atoms with van der Waals surface area (Å²) in [5, 5.41) is 3.03. The molecule has 0 saturated carbocycles. The van der Waals surface area contributed by atoms with Crippen LogP contribution in [0.1, 0.15) is 24.0 Å². The number of amides is 1. The lowest BCUT2D eigenvalue weighted by atomic mass is 9.99. The summed E-state index contributed by atoms with van der Waals surface area (Å²) in [5.74, 6) is 3.64. The second-order valence-electron chi connectivity index (χ2n) is 7.51. The molecule has 4 rings (SSSR count). The van der Waals surface area contributed by atoms with Crippen LogP contribution in [0.15, 0.2) is 42.5 Å². The van der Waals surface area contributed by atoms with Crippen LogP contribution in [0.3, 0.4) is 0 Å². The molecule has 1 unspecified atom stereocenters. The minimum atomic E-state index is -0.275. The van der Waals surface area contributed by atoms with Crippen LogP contribution in [-0.2, 0) is 11.2 Å². The number of carbonyl (C=O) groups excluding carboxylic acids is 1. The smallest absolute Gasteiger partial charge is 0.231 e. The molecule has 0 bridgehead atoms. The molecular formula is C23H28N2O3S. The summed E-state index contributed by atoms with van der Waals surface area (Å²) < 4.78 is 11.2. The van der Waals surface area contributed by atoms with E-state index < -0.39 is 0 Å². The maximum Gasteiger partial charge on any atom is 0.231 e. The number of ether oxygens (including phenoxy) is 2. The third-order valence-corrected chi connectivity index (χ3v) is 6.44. The van der Waals surface area contributed by atoms with Crippen LogP contribution in [-0.4, -0.2) is 55.2 Å². The van der Waals surface area contributed by atoms with E-state index in [0.29, 0.717) is 19.0 Å². The molecule has 2 aromatic rings. The molecule has 2 aliphatic rings. The monoisotopic (exact) mass is 412 g/mol. The van der Waals surface area contributed by atoms with Crippen molar-refractivity contribution < 1.29 is 14.3 Å². The van der Waals surface area contributed by atoms with Gasteiger partial charge in [-0.2, -0.15) is 11.8 Å². The molecule has 0 aliphatic carbocycles. The maximum absolute atomic E-state index is 12.7. The van der Waals surface area contributed by atoms with Crippen LogP contribution in [0.4, 0.5) is 5.69 Å². The summed E-state index contributed by atoms with van der Waals surface area (Å²) in [5.41, 5.74) is 3.06. The SMILES string of the molecule is CC(C(=O)Nc1ccc(CCN2CCSCC2)cc1)c1ccc2c(c1)OCCO2. The summed E-state index contributed by atoms with van der Waals surface area (Å²) in [6, 6.07) is 13.9. The summed E-state index contributed by atoms with van der Waals surface area (Å²) in [7, 11) is 0. The third-order valence-electron chi connectivity index (χ3n) is 5.50. The van der Waals surface area contributed by atoms with Gasteiger partial charge in [-0.1, -0.05) is 18.2 Å². The van der Waals surface area contributed by atoms with Gasteiger partial charge in [-0.05, 0) is 48.7 Å². The standard InChI is InChI=1S/C23H28N2O3S/c1-17(19-4-7-21-22(16-19)28-13-12-27-21)23(26)24-20-5-2-18(3-6-20)8-9-25-10-14-29-15-11-25/h2-7,16-17H,8-15H2,1H3,(H,24,26). The fourth-order valence-corrected chi connectivity index (χ4v) is 4.58. The molecule has 1 amide bonds. The van der Waals surface area contributed by atoms with Crippen LogP contribution in [0.2, 0.25) is 0 Å². The maximum atomic E-state index is 12.7. The van der Waals surface area contributed by atoms with Crippen molar-refractivity contribution in [2.24, 2.45) is 0 Å². The van der Waals surface area contributed by atoms with Crippen molar-refractivity contribution in [3.8, 4) is 11.5 Å². The number of carbonyl (C=O) groups is 1. The Balaban J connectivity index is 1.31. The molecule has 1 fully saturated rings. The van der Waals surface area contributed by atoms with E-state index in [1.165, 1.54) is 30.2 Å². The summed E-state index contributed by atoms with van der Waals surface area (Å²) in [6.07, 6.45) is 1.05. The molecule has 5 nitrogen and oxygen atoms in total. The fourth-order valence-electron chi connectivity index (χ4n) is 3.60. The minimum absolute atomic E-state index is 0.0276. The lowest BCUT2D eigenvalue weighted by Crippen LogP contribution is -2.34. The van der Waals surface area contributed by atoms with Crippen molar-refractivity contribution in [2.45, 2.75) is 19.3 Å². The largest absolute Gasteiger partial charge is 0.486 e. The van der Waals surface area contributed by atoms with E-state index in [2.05, 4.69) is 22.3 Å². The highest BCUT2D eigenvalue weighted by Gasteiger charge is 2.19. The number of nitrogens with zero attached hydrogens (tertiary/aromatic N) is 1. The summed E-state index contributed by atoms with van der Waals surface area (Å²) in [6.45, 7) is 6.50. The Morgan fingerprint density at radius 2 is 1.79 bits per heavy atom. The first kappa shape index (κ1) is 20.1. The van der Waals surface area contributed by atoms with E-state index in [4.69, 9.17) is 9.47 Å². The van der Waals surface area contributed by atoms with E-state index in [0.717, 1.165) is 30.0 Å². The van der Waals surface area contributed by atoms with Crippen LogP contribution in [0.5, 0.6) is 11.5 Å². The first-order valence-corrected chi connectivity index (χ1v) is 11.4. The predicted octanol–water partition coefficient (Wildman–Crippen LogP) is 3.79. The highest BCUT2D eigenvalue weighted by atomic mass is 32.2. The van der Waals surface area contributed by atoms with Crippen LogP contribution >= 0.6 is 11.8 Å². The number of rotatable bonds is 6. The fraction of sp³-hybridized carbons (Fsp3) is 0.435. The zero-order valence-corrected chi connectivity index (χ0v) is 17.7. The predicted molar refractivity (Wildman–Crippen MR) is 118 cm³/mol. The minimum Gasteiger partial charge on any atom is -0.486 e. The van der Waals surface area contributed by atoms with Crippen molar-refractivity contribution in [2.75, 3.05) is 49.7 Å². The Kier molecular flexibility index (Phi) is 6.62. The van der Waals surface area contributed by atoms with Gasteiger partial charge in [0, 0.05) is 36.8 Å². The van der Waals surface area contributed by atoms with Crippen LogP contribution in [0.25, 0.3) is 0 Å². The Labute approximate surface area is 176 Å². The molecule has 1 saturated heterocycles. The van der Waals surface area contributed by atoms with Gasteiger partial charge in [-0.3, -0.25) is 4.79 Å². The molecule has 0 spiro atoms.